The van der Waals surface area contributed by atoms with Gasteiger partial charge >= 0.3 is 5.97 Å². The van der Waals surface area contributed by atoms with E-state index in [1.807, 2.05) is 36.4 Å². The molecule has 2 aromatic heterocycles. The fourth-order valence-electron chi connectivity index (χ4n) is 4.15. The maximum absolute atomic E-state index is 13.2. The molecule has 4 rings (SSSR count). The number of methoxy groups -OCH3 is 1. The van der Waals surface area contributed by atoms with Crippen LogP contribution in [0.15, 0.2) is 66.0 Å². The van der Waals surface area contributed by atoms with Gasteiger partial charge in [0, 0.05) is 13.1 Å². The SMILES string of the molecule is COC(=O)C(CNC(=O)c1cccs1)NC(=O)c1c(C)nc(NCc2ccccc2-c2ccc(O)cc2)nc1C. The molecule has 0 aliphatic rings. The molecule has 1 unspecified atom stereocenters. The first-order chi connectivity index (χ1) is 19.3. The number of carbonyl (C=O) groups excluding carboxylic acids is 3. The van der Waals surface area contributed by atoms with E-state index >= 15 is 0 Å². The van der Waals surface area contributed by atoms with E-state index in [1.165, 1.54) is 18.4 Å². The van der Waals surface area contributed by atoms with Gasteiger partial charge in [-0.25, -0.2) is 14.8 Å². The largest absolute Gasteiger partial charge is 0.508 e. The van der Waals surface area contributed by atoms with Crippen molar-refractivity contribution in [3.8, 4) is 16.9 Å². The van der Waals surface area contributed by atoms with E-state index in [0.29, 0.717) is 28.8 Å². The topological polar surface area (TPSA) is 143 Å². The molecule has 40 heavy (non-hydrogen) atoms. The van der Waals surface area contributed by atoms with E-state index in [2.05, 4.69) is 25.9 Å². The molecule has 0 saturated heterocycles. The number of anilines is 1. The summed E-state index contributed by atoms with van der Waals surface area (Å²) < 4.78 is 4.82. The Morgan fingerprint density at radius 3 is 2.30 bits per heavy atom. The zero-order valence-corrected chi connectivity index (χ0v) is 23.0. The molecular formula is C29H29N5O5S. The number of nitrogens with zero attached hydrogens (tertiary/aromatic N) is 2. The van der Waals surface area contributed by atoms with E-state index in [0.717, 1.165) is 16.7 Å². The standard InChI is InChI=1S/C29H29N5O5S/c1-17-25(27(37)34-23(28(38)39-3)16-30-26(36)24-9-6-14-40-24)18(2)33-29(32-17)31-15-20-7-4-5-8-22(20)19-10-12-21(35)13-11-19/h4-14,23,35H,15-16H2,1-3H3,(H,30,36)(H,34,37)(H,31,32,33). The Morgan fingerprint density at radius 1 is 0.950 bits per heavy atom. The Labute approximate surface area is 235 Å². The molecular weight excluding hydrogens is 530 g/mol. The maximum Gasteiger partial charge on any atom is 0.330 e. The predicted molar refractivity (Wildman–Crippen MR) is 152 cm³/mol. The number of phenols is 1. The zero-order chi connectivity index (χ0) is 28.6. The highest BCUT2D eigenvalue weighted by atomic mass is 32.1. The van der Waals surface area contributed by atoms with Gasteiger partial charge in [-0.15, -0.1) is 11.3 Å². The Kier molecular flexibility index (Phi) is 9.07. The summed E-state index contributed by atoms with van der Waals surface area (Å²) in [5.74, 6) is -1.05. The summed E-state index contributed by atoms with van der Waals surface area (Å²) in [6, 6.07) is 17.2. The van der Waals surface area contributed by atoms with E-state index < -0.39 is 17.9 Å². The molecule has 1 atom stereocenters. The average molecular weight is 560 g/mol. The molecule has 11 heteroatoms. The third-order valence-corrected chi connectivity index (χ3v) is 7.00. The number of aromatic hydroxyl groups is 1. The van der Waals surface area contributed by atoms with Crippen LogP contribution >= 0.6 is 11.3 Å². The smallest absolute Gasteiger partial charge is 0.330 e. The molecule has 0 aliphatic heterocycles. The van der Waals surface area contributed by atoms with E-state index in [4.69, 9.17) is 4.74 Å². The van der Waals surface area contributed by atoms with Crippen LogP contribution < -0.4 is 16.0 Å². The van der Waals surface area contributed by atoms with Crippen LogP contribution in [0, 0.1) is 13.8 Å². The van der Waals surface area contributed by atoms with Gasteiger partial charge in [-0.3, -0.25) is 9.59 Å². The summed E-state index contributed by atoms with van der Waals surface area (Å²) in [6.07, 6.45) is 0. The molecule has 0 spiro atoms. The van der Waals surface area contributed by atoms with Crippen LogP contribution in [-0.2, 0) is 16.1 Å². The first kappa shape index (κ1) is 28.2. The Morgan fingerprint density at radius 2 is 1.65 bits per heavy atom. The van der Waals surface area contributed by atoms with Gasteiger partial charge in [0.25, 0.3) is 11.8 Å². The van der Waals surface area contributed by atoms with Crippen molar-refractivity contribution in [1.29, 1.82) is 0 Å². The molecule has 0 fully saturated rings. The number of aromatic nitrogens is 2. The summed E-state index contributed by atoms with van der Waals surface area (Å²) in [5.41, 5.74) is 4.03. The van der Waals surface area contributed by atoms with Crippen molar-refractivity contribution >= 4 is 35.1 Å². The van der Waals surface area contributed by atoms with Crippen LogP contribution in [-0.4, -0.2) is 52.6 Å². The first-order valence-corrected chi connectivity index (χ1v) is 13.3. The molecule has 2 aromatic carbocycles. The number of esters is 1. The van der Waals surface area contributed by atoms with Crippen molar-refractivity contribution in [1.82, 2.24) is 20.6 Å². The second kappa shape index (κ2) is 12.9. The first-order valence-electron chi connectivity index (χ1n) is 12.4. The van der Waals surface area contributed by atoms with Gasteiger partial charge in [0.2, 0.25) is 5.95 Å². The minimum atomic E-state index is -1.10. The molecule has 0 radical (unpaired) electrons. The molecule has 4 aromatic rings. The quantitative estimate of drug-likeness (QED) is 0.215. The summed E-state index contributed by atoms with van der Waals surface area (Å²) in [6.45, 7) is 3.65. The third-order valence-electron chi connectivity index (χ3n) is 6.13. The van der Waals surface area contributed by atoms with Crippen molar-refractivity contribution in [2.75, 3.05) is 19.0 Å². The van der Waals surface area contributed by atoms with Gasteiger partial charge < -0.3 is 25.8 Å². The molecule has 206 valence electrons. The number of rotatable bonds is 10. The third kappa shape index (κ3) is 6.80. The van der Waals surface area contributed by atoms with Gasteiger partial charge in [0.1, 0.15) is 11.8 Å². The van der Waals surface area contributed by atoms with Gasteiger partial charge in [-0.1, -0.05) is 42.5 Å². The summed E-state index contributed by atoms with van der Waals surface area (Å²) in [5, 5.41) is 19.9. The van der Waals surface area contributed by atoms with Crippen LogP contribution in [0.5, 0.6) is 5.75 Å². The average Bonchev–Trinajstić information content (AvgIpc) is 3.49. The molecule has 2 heterocycles. The van der Waals surface area contributed by atoms with Crippen molar-refractivity contribution < 1.29 is 24.2 Å². The highest BCUT2D eigenvalue weighted by Gasteiger charge is 2.26. The predicted octanol–water partition coefficient (Wildman–Crippen LogP) is 3.84. The molecule has 4 N–H and O–H groups in total. The second-order valence-electron chi connectivity index (χ2n) is 8.89. The molecule has 0 saturated carbocycles. The summed E-state index contributed by atoms with van der Waals surface area (Å²) in [7, 11) is 1.21. The van der Waals surface area contributed by atoms with E-state index in [-0.39, 0.29) is 23.8 Å². The van der Waals surface area contributed by atoms with Crippen molar-refractivity contribution in [2.24, 2.45) is 0 Å². The number of phenolic OH excluding ortho intramolecular Hbond substituents is 1. The molecule has 0 bridgehead atoms. The Hall–Kier alpha value is -4.77. The number of nitrogens with one attached hydrogen (secondary N) is 3. The van der Waals surface area contributed by atoms with Crippen LogP contribution in [0.4, 0.5) is 5.95 Å². The lowest BCUT2D eigenvalue weighted by molar-refractivity contribution is -0.142. The monoisotopic (exact) mass is 559 g/mol. The number of hydrogen-bond donors (Lipinski definition) is 4. The van der Waals surface area contributed by atoms with Crippen molar-refractivity contribution in [2.45, 2.75) is 26.4 Å². The number of thiophene rings is 1. The van der Waals surface area contributed by atoms with Crippen molar-refractivity contribution in [3.05, 3.63) is 93.4 Å². The minimum absolute atomic E-state index is 0.145. The van der Waals surface area contributed by atoms with Crippen LogP contribution in [0.25, 0.3) is 11.1 Å². The number of benzene rings is 2. The number of carbonyl (C=O) groups is 3. The highest BCUT2D eigenvalue weighted by Crippen LogP contribution is 2.26. The van der Waals surface area contributed by atoms with Gasteiger partial charge in [0.05, 0.1) is 28.9 Å². The maximum atomic E-state index is 13.2. The molecule has 10 nitrogen and oxygen atoms in total. The normalized spacial score (nSPS) is 11.4. The summed E-state index contributed by atoms with van der Waals surface area (Å²) in [4.78, 5) is 47.2. The van der Waals surface area contributed by atoms with Crippen molar-refractivity contribution in [3.63, 3.8) is 0 Å². The van der Waals surface area contributed by atoms with Crippen LogP contribution in [0.2, 0.25) is 0 Å². The number of hydrogen-bond acceptors (Lipinski definition) is 9. The fraction of sp³-hybridized carbons (Fsp3) is 0.207. The van der Waals surface area contributed by atoms with E-state index in [9.17, 15) is 19.5 Å². The van der Waals surface area contributed by atoms with Gasteiger partial charge in [-0.2, -0.15) is 0 Å². The number of ether oxygens (including phenoxy) is 1. The molecule has 2 amide bonds. The second-order valence-corrected chi connectivity index (χ2v) is 9.83. The zero-order valence-electron chi connectivity index (χ0n) is 22.2. The highest BCUT2D eigenvalue weighted by molar-refractivity contribution is 7.12. The summed E-state index contributed by atoms with van der Waals surface area (Å²) >= 11 is 1.27. The Bertz CT molecular complexity index is 1480. The number of aryl methyl sites for hydroxylation is 2. The lowest BCUT2D eigenvalue weighted by atomic mass is 9.99. The van der Waals surface area contributed by atoms with Crippen LogP contribution in [0.3, 0.4) is 0 Å². The van der Waals surface area contributed by atoms with Gasteiger partial charge in [-0.05, 0) is 54.1 Å². The lowest BCUT2D eigenvalue weighted by Crippen LogP contribution is -2.49. The van der Waals surface area contributed by atoms with Gasteiger partial charge in [0.15, 0.2) is 0 Å². The lowest BCUT2D eigenvalue weighted by Gasteiger charge is -2.18. The number of amides is 2. The minimum Gasteiger partial charge on any atom is -0.508 e. The Balaban J connectivity index is 1.45. The molecule has 0 aliphatic carbocycles. The fourth-order valence-corrected chi connectivity index (χ4v) is 4.79. The van der Waals surface area contributed by atoms with Crippen LogP contribution in [0.1, 0.15) is 37.0 Å². The van der Waals surface area contributed by atoms with E-state index in [1.54, 1.807) is 43.5 Å².